The van der Waals surface area contributed by atoms with E-state index in [2.05, 4.69) is 83.6 Å². The molecule has 0 fully saturated rings. The van der Waals surface area contributed by atoms with Gasteiger partial charge < -0.3 is 9.97 Å². The first-order valence-corrected chi connectivity index (χ1v) is 9.79. The second kappa shape index (κ2) is 5.63. The molecule has 0 saturated heterocycles. The van der Waals surface area contributed by atoms with Crippen LogP contribution >= 0.6 is 11.6 Å². The molecule has 134 valence electrons. The van der Waals surface area contributed by atoms with Gasteiger partial charge in [0.25, 0.3) is 0 Å². The van der Waals surface area contributed by atoms with Crippen molar-refractivity contribution in [2.45, 2.75) is 6.92 Å². The number of nitrogens with one attached hydrogen (secondary N) is 2. The number of benzene rings is 4. The Kier molecular flexibility index (Phi) is 3.18. The van der Waals surface area contributed by atoms with Crippen molar-refractivity contribution in [2.75, 3.05) is 0 Å². The van der Waals surface area contributed by atoms with E-state index in [1.54, 1.807) is 0 Å². The molecule has 0 amide bonds. The van der Waals surface area contributed by atoms with Crippen LogP contribution in [0.15, 0.2) is 72.8 Å². The molecule has 0 spiro atoms. The fraction of sp³-hybridized carbons (Fsp3) is 0.0400. The maximum atomic E-state index is 6.32. The predicted molar refractivity (Wildman–Crippen MR) is 120 cm³/mol. The lowest BCUT2D eigenvalue weighted by molar-refractivity contribution is 1.30. The SMILES string of the molecule is Cc1[nH]c2ccccc2c1-c1c2ccccc2cc2c1[nH]c1ccc(Cl)cc12. The smallest absolute Gasteiger partial charge is 0.0551 e. The van der Waals surface area contributed by atoms with Crippen molar-refractivity contribution in [1.82, 2.24) is 9.97 Å². The van der Waals surface area contributed by atoms with Gasteiger partial charge in [0.1, 0.15) is 0 Å². The van der Waals surface area contributed by atoms with Gasteiger partial charge in [-0.05, 0) is 48.0 Å². The highest BCUT2D eigenvalue weighted by Gasteiger charge is 2.19. The molecule has 6 rings (SSSR count). The summed E-state index contributed by atoms with van der Waals surface area (Å²) in [6.45, 7) is 2.16. The van der Waals surface area contributed by atoms with Gasteiger partial charge in [-0.1, -0.05) is 54.1 Å². The number of aryl methyl sites for hydroxylation is 1. The monoisotopic (exact) mass is 380 g/mol. The zero-order chi connectivity index (χ0) is 18.8. The van der Waals surface area contributed by atoms with Crippen LogP contribution in [0.1, 0.15) is 5.69 Å². The van der Waals surface area contributed by atoms with Crippen molar-refractivity contribution in [3.8, 4) is 11.1 Å². The van der Waals surface area contributed by atoms with Crippen molar-refractivity contribution in [1.29, 1.82) is 0 Å². The minimum Gasteiger partial charge on any atom is -0.358 e. The third-order valence-corrected chi connectivity index (χ3v) is 5.96. The van der Waals surface area contributed by atoms with Crippen molar-refractivity contribution in [3.05, 3.63) is 83.5 Å². The third-order valence-electron chi connectivity index (χ3n) is 5.72. The highest BCUT2D eigenvalue weighted by atomic mass is 35.5. The van der Waals surface area contributed by atoms with E-state index in [9.17, 15) is 0 Å². The molecule has 0 atom stereocenters. The summed E-state index contributed by atoms with van der Waals surface area (Å²) < 4.78 is 0. The van der Waals surface area contributed by atoms with Crippen LogP contribution in [-0.2, 0) is 0 Å². The molecule has 2 N–H and O–H groups in total. The first-order valence-electron chi connectivity index (χ1n) is 9.41. The molecule has 0 unspecified atom stereocenters. The molecule has 3 heteroatoms. The molecule has 6 aromatic rings. The van der Waals surface area contributed by atoms with Gasteiger partial charge >= 0.3 is 0 Å². The summed E-state index contributed by atoms with van der Waals surface area (Å²) in [4.78, 5) is 7.24. The quantitative estimate of drug-likeness (QED) is 0.294. The van der Waals surface area contributed by atoms with Gasteiger partial charge in [0, 0.05) is 49.0 Å². The minimum absolute atomic E-state index is 0.756. The Balaban J connectivity index is 1.89. The zero-order valence-electron chi connectivity index (χ0n) is 15.3. The normalized spacial score (nSPS) is 11.9. The lowest BCUT2D eigenvalue weighted by Gasteiger charge is -2.10. The summed E-state index contributed by atoms with van der Waals surface area (Å²) in [5.41, 5.74) is 7.11. The van der Waals surface area contributed by atoms with Gasteiger partial charge in [-0.3, -0.25) is 0 Å². The average molecular weight is 381 g/mol. The van der Waals surface area contributed by atoms with E-state index in [4.69, 9.17) is 11.6 Å². The first-order chi connectivity index (χ1) is 13.7. The maximum Gasteiger partial charge on any atom is 0.0551 e. The van der Waals surface area contributed by atoms with Crippen LogP contribution in [0.2, 0.25) is 5.02 Å². The summed E-state index contributed by atoms with van der Waals surface area (Å²) in [5, 5.41) is 6.85. The Morgan fingerprint density at radius 3 is 2.29 bits per heavy atom. The summed E-state index contributed by atoms with van der Waals surface area (Å²) in [5.74, 6) is 0. The van der Waals surface area contributed by atoms with E-state index in [0.717, 1.165) is 27.0 Å². The number of H-pyrrole nitrogens is 2. The molecule has 0 aliphatic rings. The molecule has 2 heterocycles. The Hall–Kier alpha value is -3.23. The van der Waals surface area contributed by atoms with Gasteiger partial charge in [-0.15, -0.1) is 0 Å². The third kappa shape index (κ3) is 2.10. The van der Waals surface area contributed by atoms with E-state index in [0.29, 0.717) is 0 Å². The maximum absolute atomic E-state index is 6.32. The Labute approximate surface area is 166 Å². The summed E-state index contributed by atoms with van der Waals surface area (Å²) in [6.07, 6.45) is 0. The summed E-state index contributed by atoms with van der Waals surface area (Å²) in [6, 6.07) is 25.4. The number of rotatable bonds is 1. The van der Waals surface area contributed by atoms with Crippen LogP contribution in [0, 0.1) is 6.92 Å². The average Bonchev–Trinajstić information content (AvgIpc) is 3.23. The number of aromatic nitrogens is 2. The van der Waals surface area contributed by atoms with Crippen LogP contribution in [-0.4, -0.2) is 9.97 Å². The summed E-state index contributed by atoms with van der Waals surface area (Å²) >= 11 is 6.32. The second-order valence-corrected chi connectivity index (χ2v) is 7.82. The predicted octanol–water partition coefficient (Wildman–Crippen LogP) is 7.58. The fourth-order valence-corrected chi connectivity index (χ4v) is 4.70. The van der Waals surface area contributed by atoms with E-state index in [1.165, 1.54) is 38.4 Å². The van der Waals surface area contributed by atoms with Gasteiger partial charge in [-0.25, -0.2) is 0 Å². The molecular weight excluding hydrogens is 364 g/mol. The van der Waals surface area contributed by atoms with Gasteiger partial charge in [0.05, 0.1) is 5.52 Å². The molecule has 4 aromatic carbocycles. The zero-order valence-corrected chi connectivity index (χ0v) is 16.1. The van der Waals surface area contributed by atoms with Crippen LogP contribution in [0.4, 0.5) is 0 Å². The van der Waals surface area contributed by atoms with Crippen molar-refractivity contribution in [3.63, 3.8) is 0 Å². The molecule has 0 aliphatic heterocycles. The molecule has 2 nitrogen and oxygen atoms in total. The van der Waals surface area contributed by atoms with Crippen LogP contribution < -0.4 is 0 Å². The van der Waals surface area contributed by atoms with E-state index < -0.39 is 0 Å². The Morgan fingerprint density at radius 2 is 1.39 bits per heavy atom. The molecular formula is C25H17ClN2. The first kappa shape index (κ1) is 15.8. The van der Waals surface area contributed by atoms with Crippen molar-refractivity contribution < 1.29 is 0 Å². The molecule has 0 aliphatic carbocycles. The molecule has 2 aromatic heterocycles. The molecule has 0 saturated carbocycles. The highest BCUT2D eigenvalue weighted by Crippen LogP contribution is 2.43. The molecule has 0 bridgehead atoms. The van der Waals surface area contributed by atoms with Gasteiger partial charge in [0.15, 0.2) is 0 Å². The van der Waals surface area contributed by atoms with Crippen molar-refractivity contribution >= 4 is 55.1 Å². The van der Waals surface area contributed by atoms with Crippen LogP contribution in [0.25, 0.3) is 54.6 Å². The Morgan fingerprint density at radius 1 is 0.643 bits per heavy atom. The largest absolute Gasteiger partial charge is 0.358 e. The minimum atomic E-state index is 0.756. The number of hydrogen-bond acceptors (Lipinski definition) is 0. The van der Waals surface area contributed by atoms with Gasteiger partial charge in [-0.2, -0.15) is 0 Å². The highest BCUT2D eigenvalue weighted by molar-refractivity contribution is 6.32. The number of hydrogen-bond donors (Lipinski definition) is 2. The number of aromatic amines is 2. The van der Waals surface area contributed by atoms with Crippen LogP contribution in [0.5, 0.6) is 0 Å². The van der Waals surface area contributed by atoms with E-state index in [-0.39, 0.29) is 0 Å². The van der Waals surface area contributed by atoms with Gasteiger partial charge in [0.2, 0.25) is 0 Å². The Bertz CT molecular complexity index is 1530. The van der Waals surface area contributed by atoms with Crippen molar-refractivity contribution in [2.24, 2.45) is 0 Å². The molecule has 28 heavy (non-hydrogen) atoms. The van der Waals surface area contributed by atoms with E-state index >= 15 is 0 Å². The number of halogens is 1. The number of fused-ring (bicyclic) bond motifs is 5. The lowest BCUT2D eigenvalue weighted by atomic mass is 9.93. The van der Waals surface area contributed by atoms with E-state index in [1.807, 2.05) is 6.07 Å². The topological polar surface area (TPSA) is 31.6 Å². The second-order valence-electron chi connectivity index (χ2n) is 7.38. The van der Waals surface area contributed by atoms with Crippen LogP contribution in [0.3, 0.4) is 0 Å². The lowest BCUT2D eigenvalue weighted by Crippen LogP contribution is -1.86. The fourth-order valence-electron chi connectivity index (χ4n) is 4.53. The standard InChI is InChI=1S/C25H17ClN2/c1-14-23(18-8-4-5-9-21(18)27-14)24-17-7-3-2-6-15(17)12-20-19-13-16(26)10-11-22(19)28-25(20)24/h2-13,27-28H,1H3. The summed E-state index contributed by atoms with van der Waals surface area (Å²) in [7, 11) is 0. The molecule has 0 radical (unpaired) electrons. The number of para-hydroxylation sites is 1.